The van der Waals surface area contributed by atoms with Gasteiger partial charge in [0.15, 0.2) is 0 Å². The third-order valence-corrected chi connectivity index (χ3v) is 3.52. The zero-order valence-electron chi connectivity index (χ0n) is 13.4. The zero-order valence-corrected chi connectivity index (χ0v) is 13.4. The second kappa shape index (κ2) is 8.51. The number of hydrogen-bond donors (Lipinski definition) is 3. The largest absolute Gasteiger partial charge is 0.392 e. The van der Waals surface area contributed by atoms with E-state index >= 15 is 0 Å². The Kier molecular flexibility index (Phi) is 6.12. The third-order valence-electron chi connectivity index (χ3n) is 3.52. The van der Waals surface area contributed by atoms with E-state index in [1.54, 1.807) is 6.07 Å². The highest BCUT2D eigenvalue weighted by atomic mass is 16.3. The number of carbonyl (C=O) groups excluding carboxylic acids is 1. The van der Waals surface area contributed by atoms with Gasteiger partial charge < -0.3 is 15.7 Å². The lowest BCUT2D eigenvalue weighted by molar-refractivity contribution is -0.112. The van der Waals surface area contributed by atoms with E-state index in [9.17, 15) is 4.79 Å². The van der Waals surface area contributed by atoms with Crippen LogP contribution < -0.4 is 10.6 Å². The predicted octanol–water partition coefficient (Wildman–Crippen LogP) is 2.62. The summed E-state index contributed by atoms with van der Waals surface area (Å²) in [4.78, 5) is 12.2. The highest BCUT2D eigenvalue weighted by molar-refractivity contribution is 6.06. The van der Waals surface area contributed by atoms with Gasteiger partial charge in [-0.25, -0.2) is 0 Å². The Balaban J connectivity index is 1.97. The number of aliphatic hydroxyl groups excluding tert-OH is 1. The maximum absolute atomic E-state index is 12.2. The minimum Gasteiger partial charge on any atom is -0.392 e. The lowest BCUT2D eigenvalue weighted by Crippen LogP contribution is -2.17. The van der Waals surface area contributed by atoms with Crippen LogP contribution in [-0.2, 0) is 17.9 Å². The van der Waals surface area contributed by atoms with Crippen molar-refractivity contribution in [1.29, 1.82) is 5.26 Å². The van der Waals surface area contributed by atoms with E-state index in [0.717, 1.165) is 16.7 Å². The number of aliphatic hydroxyl groups is 1. The molecule has 0 spiro atoms. The molecule has 122 valence electrons. The molecule has 0 aliphatic heterocycles. The van der Waals surface area contributed by atoms with Crippen LogP contribution in [0.5, 0.6) is 0 Å². The molecule has 0 saturated heterocycles. The van der Waals surface area contributed by atoms with Crippen molar-refractivity contribution in [1.82, 2.24) is 5.32 Å². The quantitative estimate of drug-likeness (QED) is 0.564. The summed E-state index contributed by atoms with van der Waals surface area (Å²) in [6.07, 6.45) is 1.41. The number of hydrogen-bond acceptors (Lipinski definition) is 4. The van der Waals surface area contributed by atoms with Gasteiger partial charge in [-0.2, -0.15) is 5.26 Å². The molecule has 0 unspecified atom stereocenters. The van der Waals surface area contributed by atoms with Crippen LogP contribution in [0.1, 0.15) is 16.7 Å². The van der Waals surface area contributed by atoms with E-state index in [1.165, 1.54) is 6.20 Å². The molecule has 0 aliphatic carbocycles. The lowest BCUT2D eigenvalue weighted by atomic mass is 10.1. The van der Waals surface area contributed by atoms with Gasteiger partial charge in [-0.05, 0) is 29.7 Å². The first-order chi connectivity index (χ1) is 11.6. The molecule has 2 aromatic carbocycles. The molecule has 0 atom stereocenters. The van der Waals surface area contributed by atoms with Crippen molar-refractivity contribution in [2.24, 2.45) is 0 Å². The normalized spacial score (nSPS) is 10.8. The fraction of sp³-hybridized carbons (Fsp3) is 0.158. The molecule has 0 fully saturated rings. The van der Waals surface area contributed by atoms with Crippen LogP contribution in [-0.4, -0.2) is 11.0 Å². The number of rotatable bonds is 6. The summed E-state index contributed by atoms with van der Waals surface area (Å²) in [6.45, 7) is 2.37. The molecule has 0 heterocycles. The SMILES string of the molecule is Cc1ccccc1NC(=O)/C(C#N)=C\NCc1ccc(CO)cc1. The molecule has 3 N–H and O–H groups in total. The maximum Gasteiger partial charge on any atom is 0.267 e. The van der Waals surface area contributed by atoms with Gasteiger partial charge in [-0.15, -0.1) is 0 Å². The van der Waals surface area contributed by atoms with Gasteiger partial charge in [0.25, 0.3) is 5.91 Å². The van der Waals surface area contributed by atoms with Crippen molar-refractivity contribution >= 4 is 11.6 Å². The van der Waals surface area contributed by atoms with Crippen LogP contribution in [0, 0.1) is 18.3 Å². The molecule has 24 heavy (non-hydrogen) atoms. The molecule has 1 amide bonds. The van der Waals surface area contributed by atoms with Crippen molar-refractivity contribution in [3.05, 3.63) is 77.0 Å². The number of para-hydroxylation sites is 1. The number of nitrogens with one attached hydrogen (secondary N) is 2. The van der Waals surface area contributed by atoms with Gasteiger partial charge in [0.1, 0.15) is 11.6 Å². The van der Waals surface area contributed by atoms with Gasteiger partial charge >= 0.3 is 0 Å². The van der Waals surface area contributed by atoms with E-state index in [-0.39, 0.29) is 12.2 Å². The highest BCUT2D eigenvalue weighted by Gasteiger charge is 2.10. The van der Waals surface area contributed by atoms with Gasteiger partial charge in [-0.3, -0.25) is 4.79 Å². The molecular formula is C19H19N3O2. The van der Waals surface area contributed by atoms with E-state index in [1.807, 2.05) is 55.5 Å². The minimum absolute atomic E-state index is 0.00484. The summed E-state index contributed by atoms with van der Waals surface area (Å²) in [5, 5.41) is 23.9. The van der Waals surface area contributed by atoms with Crippen LogP contribution in [0.4, 0.5) is 5.69 Å². The van der Waals surface area contributed by atoms with E-state index in [4.69, 9.17) is 10.4 Å². The summed E-state index contributed by atoms with van der Waals surface area (Å²) in [6, 6.07) is 16.7. The summed E-state index contributed by atoms with van der Waals surface area (Å²) >= 11 is 0. The second-order valence-electron chi connectivity index (χ2n) is 5.29. The summed E-state index contributed by atoms with van der Waals surface area (Å²) in [5.41, 5.74) is 3.44. The molecule has 0 saturated carbocycles. The number of anilines is 1. The smallest absolute Gasteiger partial charge is 0.267 e. The van der Waals surface area contributed by atoms with Gasteiger partial charge in [-0.1, -0.05) is 42.5 Å². The Labute approximate surface area is 141 Å². The van der Waals surface area contributed by atoms with Crippen molar-refractivity contribution < 1.29 is 9.90 Å². The Bertz CT molecular complexity index is 774. The van der Waals surface area contributed by atoms with Crippen molar-refractivity contribution in [2.45, 2.75) is 20.1 Å². The first-order valence-electron chi connectivity index (χ1n) is 7.53. The molecule has 0 aromatic heterocycles. The molecule has 2 aromatic rings. The van der Waals surface area contributed by atoms with E-state index in [0.29, 0.717) is 12.2 Å². The summed E-state index contributed by atoms with van der Waals surface area (Å²) in [7, 11) is 0. The standard InChI is InChI=1S/C19H19N3O2/c1-14-4-2-3-5-18(14)22-19(24)17(10-20)12-21-11-15-6-8-16(13-23)9-7-15/h2-9,12,21,23H,11,13H2,1H3,(H,22,24)/b17-12-. The number of aryl methyl sites for hydroxylation is 1. The Morgan fingerprint density at radius 1 is 1.17 bits per heavy atom. The number of benzene rings is 2. The van der Waals surface area contributed by atoms with Crippen LogP contribution >= 0.6 is 0 Å². The van der Waals surface area contributed by atoms with Gasteiger partial charge in [0, 0.05) is 18.4 Å². The van der Waals surface area contributed by atoms with Crippen molar-refractivity contribution in [3.63, 3.8) is 0 Å². The fourth-order valence-electron chi connectivity index (χ4n) is 2.08. The molecule has 0 bridgehead atoms. The summed E-state index contributed by atoms with van der Waals surface area (Å²) in [5.74, 6) is -0.449. The number of carbonyl (C=O) groups is 1. The van der Waals surface area contributed by atoms with Crippen LogP contribution in [0.3, 0.4) is 0 Å². The van der Waals surface area contributed by atoms with Crippen molar-refractivity contribution in [3.8, 4) is 6.07 Å². The zero-order chi connectivity index (χ0) is 17.4. The van der Waals surface area contributed by atoms with Crippen LogP contribution in [0.25, 0.3) is 0 Å². The van der Waals surface area contributed by atoms with E-state index in [2.05, 4.69) is 10.6 Å². The lowest BCUT2D eigenvalue weighted by Gasteiger charge is -2.08. The first-order valence-corrected chi connectivity index (χ1v) is 7.53. The molecule has 2 rings (SSSR count). The molecule has 5 heteroatoms. The number of nitriles is 1. The van der Waals surface area contributed by atoms with Crippen molar-refractivity contribution in [2.75, 3.05) is 5.32 Å². The number of amides is 1. The summed E-state index contributed by atoms with van der Waals surface area (Å²) < 4.78 is 0. The van der Waals surface area contributed by atoms with Gasteiger partial charge in [0.05, 0.1) is 6.61 Å². The Hall–Kier alpha value is -3.10. The maximum atomic E-state index is 12.2. The van der Waals surface area contributed by atoms with Gasteiger partial charge in [0.2, 0.25) is 0 Å². The molecule has 5 nitrogen and oxygen atoms in total. The number of nitrogens with zero attached hydrogens (tertiary/aromatic N) is 1. The van der Waals surface area contributed by atoms with E-state index < -0.39 is 5.91 Å². The highest BCUT2D eigenvalue weighted by Crippen LogP contribution is 2.14. The predicted molar refractivity (Wildman–Crippen MR) is 92.7 cm³/mol. The van der Waals surface area contributed by atoms with Crippen LogP contribution in [0.2, 0.25) is 0 Å². The average molecular weight is 321 g/mol. The third kappa shape index (κ3) is 4.70. The first kappa shape index (κ1) is 17.3. The topological polar surface area (TPSA) is 85.2 Å². The minimum atomic E-state index is -0.449. The van der Waals surface area contributed by atoms with Crippen LogP contribution in [0.15, 0.2) is 60.3 Å². The fourth-order valence-corrected chi connectivity index (χ4v) is 2.08. The molecule has 0 radical (unpaired) electrons. The molecular weight excluding hydrogens is 302 g/mol. The monoisotopic (exact) mass is 321 g/mol. The average Bonchev–Trinajstić information content (AvgIpc) is 2.61. The Morgan fingerprint density at radius 3 is 2.46 bits per heavy atom. The molecule has 0 aliphatic rings. The second-order valence-corrected chi connectivity index (χ2v) is 5.29. The Morgan fingerprint density at radius 2 is 1.83 bits per heavy atom.